The number of aromatic nitrogens is 2. The second-order valence-corrected chi connectivity index (χ2v) is 2.85. The average Bonchev–Trinajstić information content (AvgIpc) is 2.08. The Morgan fingerprint density at radius 1 is 1.17 bits per heavy atom. The highest BCUT2D eigenvalue weighted by molar-refractivity contribution is 5.24. The Morgan fingerprint density at radius 2 is 1.75 bits per heavy atom. The summed E-state index contributed by atoms with van der Waals surface area (Å²) in [5.41, 5.74) is 8.78. The van der Waals surface area contributed by atoms with E-state index in [0.29, 0.717) is 6.54 Å². The average molecular weight is 165 g/mol. The van der Waals surface area contributed by atoms with E-state index in [2.05, 4.69) is 16.9 Å². The van der Waals surface area contributed by atoms with Gasteiger partial charge in [-0.2, -0.15) is 0 Å². The van der Waals surface area contributed by atoms with Crippen LogP contribution in [0.5, 0.6) is 0 Å². The van der Waals surface area contributed by atoms with E-state index < -0.39 is 0 Å². The van der Waals surface area contributed by atoms with E-state index in [1.54, 1.807) is 0 Å². The van der Waals surface area contributed by atoms with Gasteiger partial charge in [0.15, 0.2) is 0 Å². The molecule has 0 saturated carbocycles. The summed E-state index contributed by atoms with van der Waals surface area (Å²) in [5.74, 6) is 0.818. The summed E-state index contributed by atoms with van der Waals surface area (Å²) in [5, 5.41) is 0. The molecule has 0 radical (unpaired) electrons. The summed E-state index contributed by atoms with van der Waals surface area (Å²) >= 11 is 0. The van der Waals surface area contributed by atoms with E-state index in [0.717, 1.165) is 29.2 Å². The van der Waals surface area contributed by atoms with Crippen molar-refractivity contribution in [2.24, 2.45) is 5.73 Å². The molecule has 1 rings (SSSR count). The molecule has 0 unspecified atom stereocenters. The SMILES string of the molecule is CCc1nc(C)nc(CN)c1C. The van der Waals surface area contributed by atoms with E-state index in [1.807, 2.05) is 13.8 Å². The van der Waals surface area contributed by atoms with E-state index >= 15 is 0 Å². The summed E-state index contributed by atoms with van der Waals surface area (Å²) in [6, 6.07) is 0. The van der Waals surface area contributed by atoms with Crippen molar-refractivity contribution in [1.82, 2.24) is 9.97 Å². The molecular weight excluding hydrogens is 150 g/mol. The molecule has 1 aromatic heterocycles. The lowest BCUT2D eigenvalue weighted by molar-refractivity contribution is 0.856. The van der Waals surface area contributed by atoms with Crippen molar-refractivity contribution in [1.29, 1.82) is 0 Å². The fraction of sp³-hybridized carbons (Fsp3) is 0.556. The van der Waals surface area contributed by atoms with E-state index in [9.17, 15) is 0 Å². The van der Waals surface area contributed by atoms with Crippen LogP contribution in [0.15, 0.2) is 0 Å². The monoisotopic (exact) mass is 165 g/mol. The molecule has 0 bridgehead atoms. The van der Waals surface area contributed by atoms with Gasteiger partial charge in [0.25, 0.3) is 0 Å². The lowest BCUT2D eigenvalue weighted by Crippen LogP contribution is -2.08. The Balaban J connectivity index is 3.22. The molecule has 0 amide bonds. The fourth-order valence-corrected chi connectivity index (χ4v) is 1.29. The number of nitrogens with two attached hydrogens (primary N) is 1. The van der Waals surface area contributed by atoms with Crippen LogP contribution in [0.3, 0.4) is 0 Å². The van der Waals surface area contributed by atoms with Crippen molar-refractivity contribution < 1.29 is 0 Å². The molecule has 0 atom stereocenters. The minimum absolute atomic E-state index is 0.502. The number of rotatable bonds is 2. The largest absolute Gasteiger partial charge is 0.325 e. The van der Waals surface area contributed by atoms with Crippen LogP contribution in [0, 0.1) is 13.8 Å². The minimum Gasteiger partial charge on any atom is -0.325 e. The predicted octanol–water partition coefficient (Wildman–Crippen LogP) is 1.11. The van der Waals surface area contributed by atoms with Crippen molar-refractivity contribution in [3.63, 3.8) is 0 Å². The highest BCUT2D eigenvalue weighted by Gasteiger charge is 2.05. The summed E-state index contributed by atoms with van der Waals surface area (Å²) in [4.78, 5) is 8.60. The molecule has 3 heteroatoms. The van der Waals surface area contributed by atoms with Crippen molar-refractivity contribution in [3.8, 4) is 0 Å². The van der Waals surface area contributed by atoms with Crippen molar-refractivity contribution >= 4 is 0 Å². The molecule has 0 saturated heterocycles. The van der Waals surface area contributed by atoms with Crippen molar-refractivity contribution in [2.75, 3.05) is 0 Å². The maximum atomic E-state index is 5.55. The first-order valence-corrected chi connectivity index (χ1v) is 4.22. The molecule has 0 spiro atoms. The molecule has 12 heavy (non-hydrogen) atoms. The smallest absolute Gasteiger partial charge is 0.125 e. The molecule has 0 aliphatic heterocycles. The number of hydrogen-bond donors (Lipinski definition) is 1. The molecule has 0 fully saturated rings. The number of aryl methyl sites for hydroxylation is 2. The maximum Gasteiger partial charge on any atom is 0.125 e. The third kappa shape index (κ3) is 1.61. The van der Waals surface area contributed by atoms with Gasteiger partial charge in [-0.05, 0) is 25.8 Å². The fourth-order valence-electron chi connectivity index (χ4n) is 1.29. The van der Waals surface area contributed by atoms with Crippen LogP contribution >= 0.6 is 0 Å². The molecular formula is C9H15N3. The highest BCUT2D eigenvalue weighted by atomic mass is 14.9. The normalized spacial score (nSPS) is 10.3. The summed E-state index contributed by atoms with van der Waals surface area (Å²) in [7, 11) is 0. The summed E-state index contributed by atoms with van der Waals surface area (Å²) in [6.07, 6.45) is 0.947. The first kappa shape index (κ1) is 9.13. The Bertz CT molecular complexity index is 256. The van der Waals surface area contributed by atoms with Crippen LogP contribution in [0.2, 0.25) is 0 Å². The molecule has 3 nitrogen and oxygen atoms in total. The molecule has 1 heterocycles. The van der Waals surface area contributed by atoms with Crippen LogP contribution < -0.4 is 5.73 Å². The lowest BCUT2D eigenvalue weighted by Gasteiger charge is -2.07. The van der Waals surface area contributed by atoms with Gasteiger partial charge >= 0.3 is 0 Å². The van der Waals surface area contributed by atoms with Gasteiger partial charge in [0, 0.05) is 12.2 Å². The van der Waals surface area contributed by atoms with Gasteiger partial charge in [0.1, 0.15) is 5.82 Å². The Morgan fingerprint density at radius 3 is 2.25 bits per heavy atom. The topological polar surface area (TPSA) is 51.8 Å². The maximum absolute atomic E-state index is 5.55. The summed E-state index contributed by atoms with van der Waals surface area (Å²) < 4.78 is 0. The van der Waals surface area contributed by atoms with Crippen molar-refractivity contribution in [2.45, 2.75) is 33.7 Å². The zero-order valence-electron chi connectivity index (χ0n) is 7.89. The first-order chi connectivity index (χ1) is 5.69. The van der Waals surface area contributed by atoms with Gasteiger partial charge < -0.3 is 5.73 Å². The van der Waals surface area contributed by atoms with E-state index in [1.165, 1.54) is 0 Å². The van der Waals surface area contributed by atoms with Gasteiger partial charge in [-0.25, -0.2) is 9.97 Å². The quantitative estimate of drug-likeness (QED) is 0.714. The zero-order chi connectivity index (χ0) is 9.14. The summed E-state index contributed by atoms with van der Waals surface area (Å²) in [6.45, 7) is 6.52. The zero-order valence-corrected chi connectivity index (χ0v) is 7.89. The van der Waals surface area contributed by atoms with Gasteiger partial charge in [0.05, 0.1) is 5.69 Å². The second-order valence-electron chi connectivity index (χ2n) is 2.85. The third-order valence-electron chi connectivity index (χ3n) is 1.99. The first-order valence-electron chi connectivity index (χ1n) is 4.22. The standard InChI is InChI=1S/C9H15N3/c1-4-8-6(2)9(5-10)12-7(3)11-8/h4-5,10H2,1-3H3. The molecule has 1 aromatic rings. The molecule has 66 valence electrons. The Kier molecular flexibility index (Phi) is 2.76. The van der Waals surface area contributed by atoms with Crippen LogP contribution in [0.1, 0.15) is 29.7 Å². The molecule has 0 aromatic carbocycles. The van der Waals surface area contributed by atoms with Crippen molar-refractivity contribution in [3.05, 3.63) is 22.8 Å². The minimum atomic E-state index is 0.502. The molecule has 0 aliphatic rings. The van der Waals surface area contributed by atoms with E-state index in [4.69, 9.17) is 5.73 Å². The lowest BCUT2D eigenvalue weighted by atomic mass is 10.1. The highest BCUT2D eigenvalue weighted by Crippen LogP contribution is 2.09. The van der Waals surface area contributed by atoms with Gasteiger partial charge in [-0.1, -0.05) is 6.92 Å². The Hall–Kier alpha value is -0.960. The van der Waals surface area contributed by atoms with Crippen LogP contribution in [0.25, 0.3) is 0 Å². The molecule has 2 N–H and O–H groups in total. The second kappa shape index (κ2) is 3.63. The Labute approximate surface area is 73.0 Å². The molecule has 0 aliphatic carbocycles. The van der Waals surface area contributed by atoms with Gasteiger partial charge in [-0.15, -0.1) is 0 Å². The van der Waals surface area contributed by atoms with Gasteiger partial charge in [0.2, 0.25) is 0 Å². The van der Waals surface area contributed by atoms with Gasteiger partial charge in [-0.3, -0.25) is 0 Å². The van der Waals surface area contributed by atoms with Crippen LogP contribution in [0.4, 0.5) is 0 Å². The van der Waals surface area contributed by atoms with E-state index in [-0.39, 0.29) is 0 Å². The predicted molar refractivity (Wildman–Crippen MR) is 48.8 cm³/mol. The van der Waals surface area contributed by atoms with Crippen LogP contribution in [-0.4, -0.2) is 9.97 Å². The number of hydrogen-bond acceptors (Lipinski definition) is 3. The number of nitrogens with zero attached hydrogens (tertiary/aromatic N) is 2. The third-order valence-corrected chi connectivity index (χ3v) is 1.99. The van der Waals surface area contributed by atoms with Crippen LogP contribution in [-0.2, 0) is 13.0 Å².